The first kappa shape index (κ1) is 16.7. The maximum Gasteiger partial charge on any atom is 0.254 e. The zero-order valence-corrected chi connectivity index (χ0v) is 15.5. The van der Waals surface area contributed by atoms with Crippen molar-refractivity contribution >= 4 is 21.8 Å². The largest absolute Gasteiger partial charge is 0.328 e. The number of nitrogens with zero attached hydrogens (tertiary/aromatic N) is 4. The minimum absolute atomic E-state index is 0.0751. The Labute approximate surface area is 154 Å². The van der Waals surface area contributed by atoms with Crippen molar-refractivity contribution in [3.05, 3.63) is 45.7 Å². The van der Waals surface area contributed by atoms with Crippen molar-refractivity contribution in [3.8, 4) is 0 Å². The molecule has 5 nitrogen and oxygen atoms in total. The van der Waals surface area contributed by atoms with Gasteiger partial charge in [0.2, 0.25) is 0 Å². The Morgan fingerprint density at radius 3 is 2.84 bits per heavy atom. The molecule has 0 N–H and O–H groups in total. The number of carbonyl (C=O) groups is 1. The van der Waals surface area contributed by atoms with Gasteiger partial charge in [-0.15, -0.1) is 10.2 Å². The fourth-order valence-electron chi connectivity index (χ4n) is 3.88. The number of aryl methyl sites for hydroxylation is 1. The Morgan fingerprint density at radius 1 is 1.12 bits per heavy atom. The topological polar surface area (TPSA) is 51.0 Å². The fraction of sp³-hybridized carbons (Fsp3) is 0.500. The number of rotatable bonds is 2. The van der Waals surface area contributed by atoms with E-state index >= 15 is 0 Å². The van der Waals surface area contributed by atoms with Crippen LogP contribution in [0.3, 0.4) is 0 Å². The van der Waals surface area contributed by atoms with Crippen molar-refractivity contribution in [1.82, 2.24) is 19.7 Å². The van der Waals surface area contributed by atoms with Gasteiger partial charge in [-0.1, -0.05) is 22.4 Å². The van der Waals surface area contributed by atoms with Gasteiger partial charge in [0.05, 0.1) is 6.04 Å². The summed E-state index contributed by atoms with van der Waals surface area (Å²) in [4.78, 5) is 14.8. The van der Waals surface area contributed by atoms with Crippen LogP contribution < -0.4 is 0 Å². The highest BCUT2D eigenvalue weighted by molar-refractivity contribution is 9.10. The van der Waals surface area contributed by atoms with Crippen LogP contribution in [0.15, 0.2) is 22.7 Å². The predicted molar refractivity (Wildman–Crippen MR) is 94.7 cm³/mol. The maximum absolute atomic E-state index is 13.7. The molecule has 1 fully saturated rings. The molecule has 0 bridgehead atoms. The zero-order valence-electron chi connectivity index (χ0n) is 13.9. The van der Waals surface area contributed by atoms with Gasteiger partial charge in [0, 0.05) is 29.5 Å². The van der Waals surface area contributed by atoms with E-state index < -0.39 is 5.82 Å². The molecule has 1 aromatic heterocycles. The molecule has 2 aliphatic rings. The van der Waals surface area contributed by atoms with E-state index in [1.54, 1.807) is 6.07 Å². The van der Waals surface area contributed by atoms with Gasteiger partial charge in [-0.2, -0.15) is 0 Å². The normalized spacial score (nSPS) is 20.4. The monoisotopic (exact) mass is 406 g/mol. The van der Waals surface area contributed by atoms with Gasteiger partial charge < -0.3 is 9.47 Å². The summed E-state index contributed by atoms with van der Waals surface area (Å²) in [5.41, 5.74) is 0.370. The molecule has 25 heavy (non-hydrogen) atoms. The molecular formula is C18H20BrFN4O. The number of hydrogen-bond donors (Lipinski definition) is 0. The molecule has 1 unspecified atom stereocenters. The summed E-state index contributed by atoms with van der Waals surface area (Å²) in [5, 5.41) is 8.78. The van der Waals surface area contributed by atoms with E-state index in [-0.39, 0.29) is 11.9 Å². The second kappa shape index (κ2) is 6.86. The van der Waals surface area contributed by atoms with Crippen LogP contribution in [0.1, 0.15) is 60.2 Å². The molecule has 1 saturated heterocycles. The van der Waals surface area contributed by atoms with Gasteiger partial charge in [-0.05, 0) is 43.9 Å². The number of likely N-dealkylation sites (tertiary alicyclic amines) is 1. The molecule has 7 heteroatoms. The lowest BCUT2D eigenvalue weighted by Crippen LogP contribution is -2.32. The maximum atomic E-state index is 13.7. The number of fused-ring (bicyclic) bond motifs is 1. The van der Waals surface area contributed by atoms with Crippen LogP contribution in [0.5, 0.6) is 0 Å². The lowest BCUT2D eigenvalue weighted by Gasteiger charge is -2.25. The summed E-state index contributed by atoms with van der Waals surface area (Å²) in [6, 6.07) is 4.25. The van der Waals surface area contributed by atoms with Gasteiger partial charge in [0.15, 0.2) is 5.82 Å². The number of hydrogen-bond acceptors (Lipinski definition) is 3. The molecule has 4 rings (SSSR count). The first-order chi connectivity index (χ1) is 12.1. The highest BCUT2D eigenvalue weighted by atomic mass is 79.9. The van der Waals surface area contributed by atoms with Crippen molar-refractivity contribution in [3.63, 3.8) is 0 Å². The Bertz CT molecular complexity index is 786. The fourth-order valence-corrected chi connectivity index (χ4v) is 4.34. The average Bonchev–Trinajstić information content (AvgIpc) is 3.14. The van der Waals surface area contributed by atoms with Gasteiger partial charge in [0.25, 0.3) is 5.91 Å². The van der Waals surface area contributed by atoms with Gasteiger partial charge in [0.1, 0.15) is 11.6 Å². The Morgan fingerprint density at radius 2 is 2.00 bits per heavy atom. The first-order valence-corrected chi connectivity index (χ1v) is 9.62. The molecule has 2 aromatic rings. The summed E-state index contributed by atoms with van der Waals surface area (Å²) in [6.07, 6.45) is 6.21. The summed E-state index contributed by atoms with van der Waals surface area (Å²) in [6.45, 7) is 1.58. The van der Waals surface area contributed by atoms with E-state index in [1.165, 1.54) is 18.6 Å². The third-order valence-electron chi connectivity index (χ3n) is 5.06. The number of carbonyl (C=O) groups excluding carboxylic acids is 1. The van der Waals surface area contributed by atoms with E-state index in [0.29, 0.717) is 16.6 Å². The van der Waals surface area contributed by atoms with Crippen LogP contribution >= 0.6 is 15.9 Å². The standard InChI is InChI=1S/C18H20BrFN4O/c19-13-9-12(10-14(20)11-13)18(25)23-8-4-5-15(23)17-22-21-16-6-2-1-3-7-24(16)17/h9-11,15H,1-8H2. The lowest BCUT2D eigenvalue weighted by molar-refractivity contribution is 0.0726. The van der Waals surface area contributed by atoms with E-state index in [2.05, 4.69) is 30.7 Å². The predicted octanol–water partition coefficient (Wildman–Crippen LogP) is 3.88. The molecule has 0 aliphatic carbocycles. The number of aromatic nitrogens is 3. The molecule has 0 spiro atoms. The third kappa shape index (κ3) is 3.21. The van der Waals surface area contributed by atoms with Crippen molar-refractivity contribution in [2.45, 2.75) is 51.1 Å². The van der Waals surface area contributed by atoms with Crippen molar-refractivity contribution in [2.75, 3.05) is 6.54 Å². The number of amides is 1. The Kier molecular flexibility index (Phi) is 4.58. The van der Waals surface area contributed by atoms with Gasteiger partial charge >= 0.3 is 0 Å². The van der Waals surface area contributed by atoms with Crippen molar-refractivity contribution in [2.24, 2.45) is 0 Å². The van der Waals surface area contributed by atoms with Gasteiger partial charge in [-0.25, -0.2) is 4.39 Å². The van der Waals surface area contributed by atoms with Crippen LogP contribution in [0, 0.1) is 5.82 Å². The SMILES string of the molecule is O=C(c1cc(F)cc(Br)c1)N1CCCC1c1nnc2n1CCCCC2. The smallest absolute Gasteiger partial charge is 0.254 e. The second-order valence-corrected chi connectivity index (χ2v) is 7.67. The summed E-state index contributed by atoms with van der Waals surface area (Å²) < 4.78 is 16.5. The molecule has 3 heterocycles. The van der Waals surface area contributed by atoms with E-state index in [1.807, 2.05) is 4.90 Å². The van der Waals surface area contributed by atoms with Crippen LogP contribution in [-0.2, 0) is 13.0 Å². The quantitative estimate of drug-likeness (QED) is 0.759. The molecule has 1 amide bonds. The van der Waals surface area contributed by atoms with E-state index in [0.717, 1.165) is 50.3 Å². The van der Waals surface area contributed by atoms with E-state index in [4.69, 9.17) is 0 Å². The Hall–Kier alpha value is -1.76. The summed E-state index contributed by atoms with van der Waals surface area (Å²) in [5.74, 6) is 1.36. The van der Waals surface area contributed by atoms with E-state index in [9.17, 15) is 9.18 Å². The Balaban J connectivity index is 1.65. The highest BCUT2D eigenvalue weighted by Gasteiger charge is 2.35. The molecule has 1 aromatic carbocycles. The summed E-state index contributed by atoms with van der Waals surface area (Å²) >= 11 is 3.26. The molecule has 0 radical (unpaired) electrons. The van der Waals surface area contributed by atoms with Crippen LogP contribution in [0.2, 0.25) is 0 Å². The van der Waals surface area contributed by atoms with Crippen LogP contribution in [0.25, 0.3) is 0 Å². The minimum atomic E-state index is -0.412. The second-order valence-electron chi connectivity index (χ2n) is 6.75. The third-order valence-corrected chi connectivity index (χ3v) is 5.52. The number of halogens is 2. The molecule has 0 saturated carbocycles. The highest BCUT2D eigenvalue weighted by Crippen LogP contribution is 2.33. The minimum Gasteiger partial charge on any atom is -0.328 e. The zero-order chi connectivity index (χ0) is 17.4. The van der Waals surface area contributed by atoms with Crippen molar-refractivity contribution < 1.29 is 9.18 Å². The van der Waals surface area contributed by atoms with Gasteiger partial charge in [-0.3, -0.25) is 4.79 Å². The average molecular weight is 407 g/mol. The van der Waals surface area contributed by atoms with Crippen molar-refractivity contribution in [1.29, 1.82) is 0 Å². The molecular weight excluding hydrogens is 387 g/mol. The van der Waals surface area contributed by atoms with Crippen LogP contribution in [0.4, 0.5) is 4.39 Å². The molecule has 132 valence electrons. The van der Waals surface area contributed by atoms with Crippen LogP contribution in [-0.4, -0.2) is 32.1 Å². The first-order valence-electron chi connectivity index (χ1n) is 8.82. The summed E-state index contributed by atoms with van der Waals surface area (Å²) in [7, 11) is 0. The number of benzene rings is 1. The molecule has 2 aliphatic heterocycles. The molecule has 1 atom stereocenters. The lowest BCUT2D eigenvalue weighted by atomic mass is 10.1.